The van der Waals surface area contributed by atoms with Gasteiger partial charge in [-0.05, 0) is 71.9 Å². The first-order valence-corrected chi connectivity index (χ1v) is 11.5. The molecule has 0 aliphatic carbocycles. The highest BCUT2D eigenvalue weighted by Crippen LogP contribution is 2.15. The molecule has 0 atom stereocenters. The topological polar surface area (TPSA) is 60.7 Å². The molecule has 0 bridgehead atoms. The van der Waals surface area contributed by atoms with E-state index < -0.39 is 0 Å². The van der Waals surface area contributed by atoms with Gasteiger partial charge in [0.2, 0.25) is 0 Å². The number of likely N-dealkylation sites (N-methyl/N-ethyl adjacent to an activating group) is 1. The fourth-order valence-corrected chi connectivity index (χ4v) is 4.07. The third-order valence-electron chi connectivity index (χ3n) is 5.76. The Hall–Kier alpha value is -2.12. The third-order valence-corrected chi connectivity index (χ3v) is 5.76. The Morgan fingerprint density at radius 2 is 1.93 bits per heavy atom. The van der Waals surface area contributed by atoms with Crippen molar-refractivity contribution in [3.05, 3.63) is 30.1 Å². The van der Waals surface area contributed by atoms with E-state index in [-0.39, 0.29) is 0 Å². The van der Waals surface area contributed by atoms with Crippen LogP contribution in [-0.2, 0) is 6.54 Å². The van der Waals surface area contributed by atoms with E-state index >= 15 is 0 Å². The number of fused-ring (bicyclic) bond motifs is 1. The van der Waals surface area contributed by atoms with Crippen molar-refractivity contribution in [2.75, 3.05) is 59.4 Å². The first kappa shape index (κ1) is 22.6. The average molecular weight is 414 g/mol. The van der Waals surface area contributed by atoms with E-state index in [0.29, 0.717) is 0 Å². The molecule has 3 rings (SSSR count). The Morgan fingerprint density at radius 1 is 1.07 bits per heavy atom. The summed E-state index contributed by atoms with van der Waals surface area (Å²) in [7, 11) is 2.22. The smallest absolute Gasteiger partial charge is 0.191 e. The summed E-state index contributed by atoms with van der Waals surface area (Å²) >= 11 is 0. The first-order valence-electron chi connectivity index (χ1n) is 11.5. The fourth-order valence-electron chi connectivity index (χ4n) is 4.07. The molecule has 1 aliphatic heterocycles. The maximum Gasteiger partial charge on any atom is 0.191 e. The molecule has 0 spiro atoms. The minimum Gasteiger partial charge on any atom is -0.357 e. The summed E-state index contributed by atoms with van der Waals surface area (Å²) < 4.78 is 2.30. The molecular weight excluding hydrogens is 374 g/mol. The van der Waals surface area contributed by atoms with Gasteiger partial charge < -0.3 is 25.0 Å². The molecule has 7 heteroatoms. The van der Waals surface area contributed by atoms with Crippen LogP contribution in [0.15, 0.2) is 29.3 Å². The van der Waals surface area contributed by atoms with Gasteiger partial charge >= 0.3 is 0 Å². The Morgan fingerprint density at radius 3 is 2.80 bits per heavy atom. The Balaban J connectivity index is 1.40. The summed E-state index contributed by atoms with van der Waals surface area (Å²) in [5.74, 6) is 2.00. The molecule has 0 saturated carbocycles. The second-order valence-electron chi connectivity index (χ2n) is 8.19. The third kappa shape index (κ3) is 6.71. The second kappa shape index (κ2) is 11.9. The predicted molar refractivity (Wildman–Crippen MR) is 126 cm³/mol. The molecule has 166 valence electrons. The normalized spacial score (nSPS) is 16.7. The van der Waals surface area contributed by atoms with Crippen molar-refractivity contribution in [3.8, 4) is 0 Å². The van der Waals surface area contributed by atoms with Crippen molar-refractivity contribution in [2.24, 2.45) is 4.99 Å². The lowest BCUT2D eigenvalue weighted by atomic mass is 10.3. The summed E-state index contributed by atoms with van der Waals surface area (Å²) in [5.41, 5.74) is 2.29. The second-order valence-corrected chi connectivity index (χ2v) is 8.19. The van der Waals surface area contributed by atoms with Gasteiger partial charge in [0, 0.05) is 39.3 Å². The lowest BCUT2D eigenvalue weighted by Crippen LogP contribution is -2.39. The van der Waals surface area contributed by atoms with Crippen molar-refractivity contribution < 1.29 is 0 Å². The maximum absolute atomic E-state index is 4.77. The van der Waals surface area contributed by atoms with E-state index in [4.69, 9.17) is 4.99 Å². The molecule has 0 radical (unpaired) electrons. The number of aryl methyl sites for hydroxylation is 2. The minimum atomic E-state index is 0.805. The van der Waals surface area contributed by atoms with Crippen LogP contribution in [0.2, 0.25) is 0 Å². The van der Waals surface area contributed by atoms with E-state index in [0.717, 1.165) is 62.9 Å². The van der Waals surface area contributed by atoms with Gasteiger partial charge in [-0.1, -0.05) is 12.1 Å². The zero-order valence-corrected chi connectivity index (χ0v) is 19.0. The van der Waals surface area contributed by atoms with Crippen molar-refractivity contribution in [1.29, 1.82) is 0 Å². The monoisotopic (exact) mass is 413 g/mol. The fraction of sp³-hybridized carbons (Fsp3) is 0.652. The van der Waals surface area contributed by atoms with Crippen LogP contribution in [0.5, 0.6) is 0 Å². The lowest BCUT2D eigenvalue weighted by Gasteiger charge is -2.20. The summed E-state index contributed by atoms with van der Waals surface area (Å²) in [4.78, 5) is 14.4. The molecular formula is C23H39N7. The lowest BCUT2D eigenvalue weighted by molar-refractivity contribution is 0.274. The van der Waals surface area contributed by atoms with Crippen molar-refractivity contribution in [3.63, 3.8) is 0 Å². The van der Waals surface area contributed by atoms with E-state index in [1.165, 1.54) is 38.1 Å². The zero-order chi connectivity index (χ0) is 21.2. The molecule has 0 amide bonds. The minimum absolute atomic E-state index is 0.805. The number of hydrogen-bond acceptors (Lipinski definition) is 4. The van der Waals surface area contributed by atoms with E-state index in [1.54, 1.807) is 0 Å². The van der Waals surface area contributed by atoms with Gasteiger partial charge in [-0.3, -0.25) is 4.99 Å². The van der Waals surface area contributed by atoms with Crippen LogP contribution in [0.4, 0.5) is 0 Å². The van der Waals surface area contributed by atoms with E-state index in [2.05, 4.69) is 69.1 Å². The van der Waals surface area contributed by atoms with Gasteiger partial charge in [-0.2, -0.15) is 0 Å². The number of hydrogen-bond donors (Lipinski definition) is 2. The molecule has 7 nitrogen and oxygen atoms in total. The molecule has 1 aliphatic rings. The molecule has 30 heavy (non-hydrogen) atoms. The summed E-state index contributed by atoms with van der Waals surface area (Å²) in [6, 6.07) is 8.35. The molecule has 1 saturated heterocycles. The Bertz CT molecular complexity index is 798. The first-order chi connectivity index (χ1) is 14.7. The standard InChI is InChI=1S/C23H39N7/c1-4-24-23(25-12-7-15-29-16-9-14-28(3)18-19-29)26-13-8-17-30-20(2)27-21-10-5-6-11-22(21)30/h5-6,10-11H,4,7-9,12-19H2,1-3H3,(H2,24,25,26). The summed E-state index contributed by atoms with van der Waals surface area (Å²) in [6.45, 7) is 13.8. The predicted octanol–water partition coefficient (Wildman–Crippen LogP) is 2.32. The molecule has 0 unspecified atom stereocenters. The number of aromatic nitrogens is 2. The van der Waals surface area contributed by atoms with Crippen LogP contribution in [0.3, 0.4) is 0 Å². The van der Waals surface area contributed by atoms with Gasteiger partial charge in [-0.25, -0.2) is 4.98 Å². The number of rotatable bonds is 9. The van der Waals surface area contributed by atoms with Gasteiger partial charge in [0.25, 0.3) is 0 Å². The number of benzene rings is 1. The van der Waals surface area contributed by atoms with Crippen molar-refractivity contribution in [2.45, 2.75) is 39.7 Å². The number of imidazole rings is 1. The van der Waals surface area contributed by atoms with Crippen molar-refractivity contribution in [1.82, 2.24) is 30.0 Å². The number of nitrogens with one attached hydrogen (secondary N) is 2. The molecule has 1 aromatic heterocycles. The van der Waals surface area contributed by atoms with Gasteiger partial charge in [0.15, 0.2) is 5.96 Å². The molecule has 1 fully saturated rings. The van der Waals surface area contributed by atoms with Gasteiger partial charge in [-0.15, -0.1) is 0 Å². The highest BCUT2D eigenvalue weighted by atomic mass is 15.2. The van der Waals surface area contributed by atoms with Crippen LogP contribution >= 0.6 is 0 Å². The number of nitrogens with zero attached hydrogens (tertiary/aromatic N) is 5. The van der Waals surface area contributed by atoms with Crippen LogP contribution in [0.25, 0.3) is 11.0 Å². The maximum atomic E-state index is 4.77. The molecule has 1 aromatic carbocycles. The number of aliphatic imine (C=N–C) groups is 1. The van der Waals surface area contributed by atoms with E-state index in [1.807, 2.05) is 6.07 Å². The number of guanidine groups is 1. The van der Waals surface area contributed by atoms with Crippen LogP contribution in [0, 0.1) is 6.92 Å². The highest BCUT2D eigenvalue weighted by molar-refractivity contribution is 5.79. The van der Waals surface area contributed by atoms with Gasteiger partial charge in [0.1, 0.15) is 5.82 Å². The molecule has 2 aromatic rings. The average Bonchev–Trinajstić information content (AvgIpc) is 2.91. The summed E-state index contributed by atoms with van der Waals surface area (Å²) in [6.07, 6.45) is 3.42. The van der Waals surface area contributed by atoms with Crippen LogP contribution in [-0.4, -0.2) is 84.7 Å². The summed E-state index contributed by atoms with van der Waals surface area (Å²) in [5, 5.41) is 6.87. The SMILES string of the molecule is CCNC(=NCCCn1c(C)nc2ccccc21)NCCCN1CCCN(C)CC1. The van der Waals surface area contributed by atoms with Crippen molar-refractivity contribution >= 4 is 17.0 Å². The largest absolute Gasteiger partial charge is 0.357 e. The number of para-hydroxylation sites is 2. The Labute approximate surface area is 181 Å². The molecule has 2 N–H and O–H groups in total. The van der Waals surface area contributed by atoms with Gasteiger partial charge in [0.05, 0.1) is 11.0 Å². The highest BCUT2D eigenvalue weighted by Gasteiger charge is 2.11. The van der Waals surface area contributed by atoms with Crippen LogP contribution < -0.4 is 10.6 Å². The quantitative estimate of drug-likeness (QED) is 0.375. The zero-order valence-electron chi connectivity index (χ0n) is 19.0. The van der Waals surface area contributed by atoms with E-state index in [9.17, 15) is 0 Å². The Kier molecular flexibility index (Phi) is 8.96. The van der Waals surface area contributed by atoms with Crippen LogP contribution in [0.1, 0.15) is 32.0 Å². The molecule has 2 heterocycles.